The molecule has 0 saturated carbocycles. The van der Waals surface area contributed by atoms with Gasteiger partial charge in [0.1, 0.15) is 11.7 Å². The smallest absolute Gasteiger partial charge is 0.329 e. The molecule has 0 aliphatic rings. The lowest BCUT2D eigenvalue weighted by Crippen LogP contribution is -2.28. The summed E-state index contributed by atoms with van der Waals surface area (Å²) in [4.78, 5) is 34.4. The van der Waals surface area contributed by atoms with Gasteiger partial charge in [0, 0.05) is 0 Å². The Labute approximate surface area is 117 Å². The third-order valence-electron chi connectivity index (χ3n) is 2.49. The summed E-state index contributed by atoms with van der Waals surface area (Å²) in [7, 11) is 2.39. The molecule has 0 unspecified atom stereocenters. The van der Waals surface area contributed by atoms with Crippen LogP contribution >= 0.6 is 15.9 Å². The lowest BCUT2D eigenvalue weighted by molar-refractivity contribution is -0.151. The monoisotopic (exact) mass is 332 g/mol. The fourth-order valence-electron chi connectivity index (χ4n) is 1.60. The minimum Gasteiger partial charge on any atom is -0.469 e. The Balaban J connectivity index is 3.24. The standard InChI is InChI=1S/C11H13BrN2O5/c1-18-9(15)5-7(11(17)19-2)14-6(10(13)16)3-4-8(14)12/h3-4,7H,5H2,1-2H3,(H2,13,16)/t7-/m1/s1. The molecule has 104 valence electrons. The van der Waals surface area contributed by atoms with Crippen LogP contribution in [-0.2, 0) is 19.1 Å². The van der Waals surface area contributed by atoms with E-state index < -0.39 is 23.9 Å². The number of ether oxygens (including phenoxy) is 2. The van der Waals surface area contributed by atoms with E-state index in [9.17, 15) is 14.4 Å². The second-order valence-corrected chi connectivity index (χ2v) is 4.41. The van der Waals surface area contributed by atoms with Crippen molar-refractivity contribution < 1.29 is 23.9 Å². The van der Waals surface area contributed by atoms with Crippen LogP contribution in [0, 0.1) is 0 Å². The van der Waals surface area contributed by atoms with E-state index in [1.165, 1.54) is 24.9 Å². The van der Waals surface area contributed by atoms with Crippen molar-refractivity contribution in [3.05, 3.63) is 22.4 Å². The maximum absolute atomic E-state index is 11.8. The van der Waals surface area contributed by atoms with Gasteiger partial charge in [0.2, 0.25) is 0 Å². The van der Waals surface area contributed by atoms with E-state index >= 15 is 0 Å². The van der Waals surface area contributed by atoms with Crippen LogP contribution in [0.25, 0.3) is 0 Å². The van der Waals surface area contributed by atoms with Crippen molar-refractivity contribution in [2.24, 2.45) is 5.73 Å². The summed E-state index contributed by atoms with van der Waals surface area (Å²) in [5.41, 5.74) is 5.31. The molecule has 0 radical (unpaired) electrons. The van der Waals surface area contributed by atoms with Crippen LogP contribution in [0.2, 0.25) is 0 Å². The molecule has 1 heterocycles. The fourth-order valence-corrected chi connectivity index (χ4v) is 2.17. The maximum atomic E-state index is 11.8. The number of carbonyl (C=O) groups excluding carboxylic acids is 3. The topological polar surface area (TPSA) is 101 Å². The van der Waals surface area contributed by atoms with Crippen molar-refractivity contribution in [3.8, 4) is 0 Å². The number of aromatic nitrogens is 1. The number of carbonyl (C=O) groups is 3. The Hall–Kier alpha value is -1.83. The molecule has 0 fully saturated rings. The van der Waals surface area contributed by atoms with Gasteiger partial charge in [0.05, 0.1) is 25.2 Å². The normalized spacial score (nSPS) is 11.7. The first-order valence-electron chi connectivity index (χ1n) is 5.23. The zero-order valence-corrected chi connectivity index (χ0v) is 12.0. The van der Waals surface area contributed by atoms with Gasteiger partial charge in [-0.25, -0.2) is 4.79 Å². The number of esters is 2. The molecule has 1 atom stereocenters. The van der Waals surface area contributed by atoms with Crippen LogP contribution in [0.3, 0.4) is 0 Å². The summed E-state index contributed by atoms with van der Waals surface area (Å²) in [5, 5.41) is 0. The first-order chi connectivity index (χ1) is 8.92. The molecule has 1 amide bonds. The van der Waals surface area contributed by atoms with Crippen molar-refractivity contribution in [1.82, 2.24) is 4.57 Å². The van der Waals surface area contributed by atoms with E-state index in [4.69, 9.17) is 5.73 Å². The third-order valence-corrected chi connectivity index (χ3v) is 3.14. The largest absolute Gasteiger partial charge is 0.469 e. The summed E-state index contributed by atoms with van der Waals surface area (Å²) in [6.07, 6.45) is -0.267. The van der Waals surface area contributed by atoms with Crippen LogP contribution < -0.4 is 5.73 Å². The zero-order chi connectivity index (χ0) is 14.6. The molecule has 0 saturated heterocycles. The zero-order valence-electron chi connectivity index (χ0n) is 10.4. The number of amides is 1. The molecule has 7 nitrogen and oxygen atoms in total. The molecular formula is C11H13BrN2O5. The van der Waals surface area contributed by atoms with Crippen molar-refractivity contribution >= 4 is 33.8 Å². The van der Waals surface area contributed by atoms with Gasteiger partial charge in [0.25, 0.3) is 5.91 Å². The lowest BCUT2D eigenvalue weighted by atomic mass is 10.2. The Morgan fingerprint density at radius 3 is 2.42 bits per heavy atom. The minimum atomic E-state index is -1.02. The average molecular weight is 333 g/mol. The number of nitrogens with zero attached hydrogens (tertiary/aromatic N) is 1. The number of nitrogens with two attached hydrogens (primary N) is 1. The molecule has 1 aromatic heterocycles. The summed E-state index contributed by atoms with van der Waals surface area (Å²) in [6, 6.07) is 1.97. The molecule has 0 aliphatic heterocycles. The molecule has 0 spiro atoms. The highest BCUT2D eigenvalue weighted by Crippen LogP contribution is 2.25. The molecule has 1 aromatic rings. The van der Waals surface area contributed by atoms with E-state index in [0.29, 0.717) is 4.60 Å². The van der Waals surface area contributed by atoms with Crippen molar-refractivity contribution in [2.45, 2.75) is 12.5 Å². The highest BCUT2D eigenvalue weighted by molar-refractivity contribution is 9.10. The summed E-state index contributed by atoms with van der Waals surface area (Å²) >= 11 is 3.19. The van der Waals surface area contributed by atoms with E-state index in [1.807, 2.05) is 0 Å². The molecule has 0 aliphatic carbocycles. The Bertz CT molecular complexity index is 511. The predicted octanol–water partition coefficient (Wildman–Crippen LogP) is 0.627. The number of primary amides is 1. The summed E-state index contributed by atoms with van der Waals surface area (Å²) < 4.78 is 10.9. The van der Waals surface area contributed by atoms with Crippen LogP contribution in [0.1, 0.15) is 23.0 Å². The van der Waals surface area contributed by atoms with Crippen molar-refractivity contribution in [1.29, 1.82) is 0 Å². The van der Waals surface area contributed by atoms with Crippen LogP contribution in [0.4, 0.5) is 0 Å². The van der Waals surface area contributed by atoms with Gasteiger partial charge in [-0.05, 0) is 28.1 Å². The third kappa shape index (κ3) is 3.34. The molecule has 8 heteroatoms. The highest BCUT2D eigenvalue weighted by Gasteiger charge is 2.29. The molecular weight excluding hydrogens is 320 g/mol. The van der Waals surface area contributed by atoms with Crippen LogP contribution in [0.15, 0.2) is 16.7 Å². The summed E-state index contributed by atoms with van der Waals surface area (Å²) in [6.45, 7) is 0. The van der Waals surface area contributed by atoms with Gasteiger partial charge < -0.3 is 19.8 Å². The number of hydrogen-bond donors (Lipinski definition) is 1. The molecule has 0 aromatic carbocycles. The number of halogens is 1. The van der Waals surface area contributed by atoms with Gasteiger partial charge in [-0.1, -0.05) is 0 Å². The van der Waals surface area contributed by atoms with Gasteiger partial charge in [-0.3, -0.25) is 9.59 Å². The maximum Gasteiger partial charge on any atom is 0.329 e. The van der Waals surface area contributed by atoms with Gasteiger partial charge >= 0.3 is 11.9 Å². The molecule has 19 heavy (non-hydrogen) atoms. The Kier molecular flexibility index (Phi) is 5.11. The Morgan fingerprint density at radius 1 is 1.32 bits per heavy atom. The predicted molar refractivity (Wildman–Crippen MR) is 68.3 cm³/mol. The number of methoxy groups -OCH3 is 2. The van der Waals surface area contributed by atoms with E-state index in [-0.39, 0.29) is 12.1 Å². The number of rotatable bonds is 5. The molecule has 1 rings (SSSR count). The van der Waals surface area contributed by atoms with Gasteiger partial charge in [-0.2, -0.15) is 0 Å². The molecule has 2 N–H and O–H groups in total. The fraction of sp³-hybridized carbons (Fsp3) is 0.364. The van der Waals surface area contributed by atoms with E-state index in [0.717, 1.165) is 0 Å². The summed E-state index contributed by atoms with van der Waals surface area (Å²) in [5.74, 6) is -2.00. The van der Waals surface area contributed by atoms with Crippen LogP contribution in [0.5, 0.6) is 0 Å². The first kappa shape index (κ1) is 15.2. The Morgan fingerprint density at radius 2 is 1.95 bits per heavy atom. The SMILES string of the molecule is COC(=O)C[C@H](C(=O)OC)n1c(Br)ccc1C(N)=O. The number of hydrogen-bond acceptors (Lipinski definition) is 5. The quantitative estimate of drug-likeness (QED) is 0.797. The van der Waals surface area contributed by atoms with E-state index in [1.54, 1.807) is 6.07 Å². The van der Waals surface area contributed by atoms with Crippen molar-refractivity contribution in [3.63, 3.8) is 0 Å². The highest BCUT2D eigenvalue weighted by atomic mass is 79.9. The average Bonchev–Trinajstić information content (AvgIpc) is 2.76. The van der Waals surface area contributed by atoms with E-state index in [2.05, 4.69) is 25.4 Å². The first-order valence-corrected chi connectivity index (χ1v) is 6.02. The second kappa shape index (κ2) is 6.37. The second-order valence-electron chi connectivity index (χ2n) is 3.59. The lowest BCUT2D eigenvalue weighted by Gasteiger charge is -2.18. The van der Waals surface area contributed by atoms with Crippen molar-refractivity contribution in [2.75, 3.05) is 14.2 Å². The van der Waals surface area contributed by atoms with Gasteiger partial charge in [0.15, 0.2) is 0 Å². The van der Waals surface area contributed by atoms with Crippen LogP contribution in [-0.4, -0.2) is 36.6 Å². The molecule has 0 bridgehead atoms. The van der Waals surface area contributed by atoms with Gasteiger partial charge in [-0.15, -0.1) is 0 Å². The minimum absolute atomic E-state index is 0.0891.